The lowest BCUT2D eigenvalue weighted by molar-refractivity contribution is 0.0146. The van der Waals surface area contributed by atoms with Crippen LogP contribution in [0.5, 0.6) is 0 Å². The Morgan fingerprint density at radius 1 is 1.18 bits per heavy atom. The number of piperazine rings is 1. The number of aliphatic hydroxyl groups excluding tert-OH is 1. The monoisotopic (exact) mass is 240 g/mol. The zero-order valence-electron chi connectivity index (χ0n) is 10.6. The molecular weight excluding hydrogens is 220 g/mol. The molecule has 1 N–H and O–H groups in total. The van der Waals surface area contributed by atoms with Crippen molar-refractivity contribution >= 4 is 6.01 Å². The third-order valence-electron chi connectivity index (χ3n) is 3.06. The fourth-order valence-corrected chi connectivity index (χ4v) is 1.88. The molecule has 0 amide bonds. The SMILES string of the molecule is CC(C)c1noc(N2CCN([C@H](C)O)CC2)n1. The molecule has 1 aromatic heterocycles. The number of aliphatic hydroxyl groups is 1. The van der Waals surface area contributed by atoms with Gasteiger partial charge in [0.15, 0.2) is 5.82 Å². The van der Waals surface area contributed by atoms with E-state index < -0.39 is 0 Å². The molecule has 1 aliphatic heterocycles. The van der Waals surface area contributed by atoms with E-state index in [0.717, 1.165) is 32.0 Å². The molecule has 0 aliphatic carbocycles. The number of anilines is 1. The molecule has 2 heterocycles. The summed E-state index contributed by atoms with van der Waals surface area (Å²) in [7, 11) is 0. The first-order chi connectivity index (χ1) is 8.08. The van der Waals surface area contributed by atoms with Crippen LogP contribution in [0.2, 0.25) is 0 Å². The minimum absolute atomic E-state index is 0.284. The smallest absolute Gasteiger partial charge is 0.324 e. The van der Waals surface area contributed by atoms with Crippen LogP contribution in [0.3, 0.4) is 0 Å². The highest BCUT2D eigenvalue weighted by atomic mass is 16.5. The fourth-order valence-electron chi connectivity index (χ4n) is 1.88. The Morgan fingerprint density at radius 2 is 1.82 bits per heavy atom. The van der Waals surface area contributed by atoms with Gasteiger partial charge in [0.25, 0.3) is 0 Å². The van der Waals surface area contributed by atoms with Crippen molar-refractivity contribution in [3.8, 4) is 0 Å². The van der Waals surface area contributed by atoms with Crippen molar-refractivity contribution < 1.29 is 9.63 Å². The molecule has 1 saturated heterocycles. The van der Waals surface area contributed by atoms with Crippen LogP contribution in [-0.4, -0.2) is 52.6 Å². The van der Waals surface area contributed by atoms with E-state index in [0.29, 0.717) is 6.01 Å². The van der Waals surface area contributed by atoms with E-state index in [1.807, 2.05) is 18.7 Å². The predicted octanol–water partition coefficient (Wildman–Crippen LogP) is 0.653. The Labute approximate surface area is 101 Å². The Hall–Kier alpha value is -1.14. The zero-order chi connectivity index (χ0) is 12.4. The molecule has 1 fully saturated rings. The second-order valence-electron chi connectivity index (χ2n) is 4.74. The number of hydrogen-bond donors (Lipinski definition) is 1. The zero-order valence-corrected chi connectivity index (χ0v) is 10.6. The maximum atomic E-state index is 9.47. The summed E-state index contributed by atoms with van der Waals surface area (Å²) in [5.41, 5.74) is 0. The van der Waals surface area contributed by atoms with Crippen LogP contribution in [-0.2, 0) is 0 Å². The summed E-state index contributed by atoms with van der Waals surface area (Å²) in [5.74, 6) is 1.03. The van der Waals surface area contributed by atoms with Crippen LogP contribution in [0.25, 0.3) is 0 Å². The highest BCUT2D eigenvalue weighted by molar-refractivity contribution is 5.26. The average molecular weight is 240 g/mol. The third-order valence-corrected chi connectivity index (χ3v) is 3.06. The first-order valence-electron chi connectivity index (χ1n) is 6.08. The molecule has 6 heteroatoms. The summed E-state index contributed by atoms with van der Waals surface area (Å²) in [6.07, 6.45) is -0.383. The summed E-state index contributed by atoms with van der Waals surface area (Å²) in [4.78, 5) is 8.46. The summed E-state index contributed by atoms with van der Waals surface area (Å²) >= 11 is 0. The Bertz CT molecular complexity index is 356. The van der Waals surface area contributed by atoms with Crippen LogP contribution >= 0.6 is 0 Å². The molecule has 2 rings (SSSR count). The average Bonchev–Trinajstić information content (AvgIpc) is 2.78. The maximum Gasteiger partial charge on any atom is 0.324 e. The van der Waals surface area contributed by atoms with Crippen LogP contribution in [0.4, 0.5) is 6.01 Å². The first kappa shape index (κ1) is 12.3. The molecule has 6 nitrogen and oxygen atoms in total. The lowest BCUT2D eigenvalue weighted by Gasteiger charge is -2.34. The third kappa shape index (κ3) is 2.76. The molecule has 0 saturated carbocycles. The van der Waals surface area contributed by atoms with Crippen molar-refractivity contribution in [3.63, 3.8) is 0 Å². The Morgan fingerprint density at radius 3 is 2.29 bits per heavy atom. The summed E-state index contributed by atoms with van der Waals surface area (Å²) in [5, 5.41) is 13.4. The van der Waals surface area contributed by atoms with Crippen LogP contribution < -0.4 is 4.90 Å². The molecule has 17 heavy (non-hydrogen) atoms. The highest BCUT2D eigenvalue weighted by Crippen LogP contribution is 2.18. The first-order valence-corrected chi connectivity index (χ1v) is 6.08. The van der Waals surface area contributed by atoms with Crippen molar-refractivity contribution in [2.75, 3.05) is 31.1 Å². The quantitative estimate of drug-likeness (QED) is 0.837. The van der Waals surface area contributed by atoms with Gasteiger partial charge in [0.2, 0.25) is 0 Å². The minimum Gasteiger partial charge on any atom is -0.379 e. The Balaban J connectivity index is 1.96. The van der Waals surface area contributed by atoms with Crippen molar-refractivity contribution in [1.29, 1.82) is 0 Å². The van der Waals surface area contributed by atoms with Crippen molar-refractivity contribution in [2.45, 2.75) is 32.9 Å². The van der Waals surface area contributed by atoms with Gasteiger partial charge in [0, 0.05) is 32.1 Å². The number of aromatic nitrogens is 2. The van der Waals surface area contributed by atoms with Crippen molar-refractivity contribution in [3.05, 3.63) is 5.82 Å². The molecule has 0 aromatic carbocycles. The van der Waals surface area contributed by atoms with Gasteiger partial charge >= 0.3 is 6.01 Å². The van der Waals surface area contributed by atoms with Gasteiger partial charge in [-0.15, -0.1) is 0 Å². The van der Waals surface area contributed by atoms with Gasteiger partial charge in [-0.25, -0.2) is 0 Å². The van der Waals surface area contributed by atoms with Crippen LogP contribution in [0.1, 0.15) is 32.5 Å². The van der Waals surface area contributed by atoms with E-state index in [-0.39, 0.29) is 12.1 Å². The number of rotatable bonds is 3. The standard InChI is InChI=1S/C11H20N4O2/c1-8(2)10-12-11(17-13-10)15-6-4-14(5-7-15)9(3)16/h8-9,16H,4-7H2,1-3H3/t9-/m0/s1. The van der Waals surface area contributed by atoms with E-state index >= 15 is 0 Å². The molecule has 1 atom stereocenters. The molecular formula is C11H20N4O2. The summed E-state index contributed by atoms with van der Waals surface area (Å²) < 4.78 is 5.24. The maximum absolute atomic E-state index is 9.47. The highest BCUT2D eigenvalue weighted by Gasteiger charge is 2.23. The van der Waals surface area contributed by atoms with E-state index in [4.69, 9.17) is 4.52 Å². The van der Waals surface area contributed by atoms with E-state index in [1.54, 1.807) is 6.92 Å². The van der Waals surface area contributed by atoms with Gasteiger partial charge in [-0.3, -0.25) is 4.90 Å². The molecule has 0 unspecified atom stereocenters. The van der Waals surface area contributed by atoms with Crippen LogP contribution in [0, 0.1) is 0 Å². The van der Waals surface area contributed by atoms with E-state index in [1.165, 1.54) is 0 Å². The van der Waals surface area contributed by atoms with Gasteiger partial charge < -0.3 is 14.5 Å². The molecule has 1 aliphatic rings. The van der Waals surface area contributed by atoms with Gasteiger partial charge in [0.05, 0.1) is 0 Å². The predicted molar refractivity (Wildman–Crippen MR) is 63.9 cm³/mol. The topological polar surface area (TPSA) is 65.6 Å². The second-order valence-corrected chi connectivity index (χ2v) is 4.74. The van der Waals surface area contributed by atoms with Crippen LogP contribution in [0.15, 0.2) is 4.52 Å². The molecule has 96 valence electrons. The lowest BCUT2D eigenvalue weighted by Crippen LogP contribution is -2.49. The Kier molecular flexibility index (Phi) is 3.63. The normalized spacial score (nSPS) is 19.9. The van der Waals surface area contributed by atoms with E-state index in [2.05, 4.69) is 15.0 Å². The molecule has 0 radical (unpaired) electrons. The minimum atomic E-state index is -0.383. The largest absolute Gasteiger partial charge is 0.379 e. The number of hydrogen-bond acceptors (Lipinski definition) is 6. The molecule has 0 bridgehead atoms. The van der Waals surface area contributed by atoms with E-state index in [9.17, 15) is 5.11 Å². The fraction of sp³-hybridized carbons (Fsp3) is 0.818. The van der Waals surface area contributed by atoms with Gasteiger partial charge in [-0.2, -0.15) is 4.98 Å². The van der Waals surface area contributed by atoms with Gasteiger partial charge in [-0.05, 0) is 6.92 Å². The van der Waals surface area contributed by atoms with Gasteiger partial charge in [0.1, 0.15) is 6.23 Å². The number of nitrogens with zero attached hydrogens (tertiary/aromatic N) is 4. The molecule has 0 spiro atoms. The lowest BCUT2D eigenvalue weighted by atomic mass is 10.2. The van der Waals surface area contributed by atoms with Crippen molar-refractivity contribution in [1.82, 2.24) is 15.0 Å². The second kappa shape index (κ2) is 5.01. The molecule has 1 aromatic rings. The van der Waals surface area contributed by atoms with Crippen molar-refractivity contribution in [2.24, 2.45) is 0 Å². The van der Waals surface area contributed by atoms with Gasteiger partial charge in [-0.1, -0.05) is 19.0 Å². The summed E-state index contributed by atoms with van der Waals surface area (Å²) in [6, 6.07) is 0.596. The summed E-state index contributed by atoms with van der Waals surface area (Å²) in [6.45, 7) is 9.13.